The Morgan fingerprint density at radius 2 is 1.94 bits per heavy atom. The highest BCUT2D eigenvalue weighted by Gasteiger charge is 2.38. The summed E-state index contributed by atoms with van der Waals surface area (Å²) in [6, 6.07) is 8.27. The standard InChI is InChI=1S/C22H20F3N7O3/c23-22(24,25)20-29-19(30-35-20)17-6-5-15(16-8-9-27-32(16)17)28-21(33)34-13-14-4-7-18(26-12-14)31-10-2-1-3-11-31/h4-9,12H,1-3,10-11,13H2,(H,28,33). The number of anilines is 2. The Morgan fingerprint density at radius 3 is 2.66 bits per heavy atom. The second-order valence-electron chi connectivity index (χ2n) is 7.95. The molecule has 5 rings (SSSR count). The van der Waals surface area contributed by atoms with E-state index in [0.717, 1.165) is 37.3 Å². The van der Waals surface area contributed by atoms with Crippen molar-refractivity contribution in [1.29, 1.82) is 0 Å². The van der Waals surface area contributed by atoms with Crippen LogP contribution in [-0.2, 0) is 17.5 Å². The largest absolute Gasteiger partial charge is 0.471 e. The van der Waals surface area contributed by atoms with Crippen LogP contribution in [0, 0.1) is 0 Å². The molecule has 4 aromatic heterocycles. The minimum absolute atomic E-state index is 0.0236. The van der Waals surface area contributed by atoms with Gasteiger partial charge in [-0.15, -0.1) is 0 Å². The Kier molecular flexibility index (Phi) is 5.97. The average molecular weight is 487 g/mol. The molecule has 0 spiro atoms. The normalized spacial score (nSPS) is 14.3. The number of hydrogen-bond acceptors (Lipinski definition) is 8. The molecule has 1 N–H and O–H groups in total. The first-order valence-corrected chi connectivity index (χ1v) is 10.9. The van der Waals surface area contributed by atoms with Gasteiger partial charge >= 0.3 is 18.2 Å². The smallest absolute Gasteiger partial charge is 0.444 e. The first kappa shape index (κ1) is 22.6. The summed E-state index contributed by atoms with van der Waals surface area (Å²) < 4.78 is 49.3. The van der Waals surface area contributed by atoms with Crippen LogP contribution in [0.15, 0.2) is 47.2 Å². The quantitative estimate of drug-likeness (QED) is 0.437. The lowest BCUT2D eigenvalue weighted by atomic mass is 10.1. The van der Waals surface area contributed by atoms with E-state index in [2.05, 4.69) is 35.0 Å². The number of halogens is 3. The highest BCUT2D eigenvalue weighted by atomic mass is 19.4. The molecule has 0 aliphatic carbocycles. The molecule has 0 radical (unpaired) electrons. The van der Waals surface area contributed by atoms with Crippen LogP contribution in [0.2, 0.25) is 0 Å². The topological polar surface area (TPSA) is 111 Å². The molecule has 13 heteroatoms. The molecule has 182 valence electrons. The predicted molar refractivity (Wildman–Crippen MR) is 118 cm³/mol. The molecule has 1 aliphatic heterocycles. The Morgan fingerprint density at radius 1 is 1.11 bits per heavy atom. The van der Waals surface area contributed by atoms with E-state index in [-0.39, 0.29) is 18.1 Å². The molecule has 0 bridgehead atoms. The summed E-state index contributed by atoms with van der Waals surface area (Å²) in [7, 11) is 0. The third-order valence-electron chi connectivity index (χ3n) is 5.55. The van der Waals surface area contributed by atoms with Gasteiger partial charge in [-0.2, -0.15) is 23.3 Å². The average Bonchev–Trinajstić information content (AvgIpc) is 3.55. The summed E-state index contributed by atoms with van der Waals surface area (Å²) in [5.41, 5.74) is 1.64. The van der Waals surface area contributed by atoms with E-state index in [1.54, 1.807) is 12.3 Å². The number of aromatic nitrogens is 5. The van der Waals surface area contributed by atoms with Crippen LogP contribution in [0.25, 0.3) is 17.0 Å². The van der Waals surface area contributed by atoms with Crippen molar-refractivity contribution in [3.63, 3.8) is 0 Å². The fourth-order valence-electron chi connectivity index (χ4n) is 3.84. The van der Waals surface area contributed by atoms with Gasteiger partial charge in [0.15, 0.2) is 0 Å². The van der Waals surface area contributed by atoms with Gasteiger partial charge in [-0.1, -0.05) is 11.2 Å². The van der Waals surface area contributed by atoms with Crippen LogP contribution in [0.4, 0.5) is 29.5 Å². The lowest BCUT2D eigenvalue weighted by Crippen LogP contribution is -2.30. The third-order valence-corrected chi connectivity index (χ3v) is 5.55. The zero-order valence-electron chi connectivity index (χ0n) is 18.3. The molecule has 1 amide bonds. The van der Waals surface area contributed by atoms with Gasteiger partial charge in [0.1, 0.15) is 18.1 Å². The van der Waals surface area contributed by atoms with Crippen molar-refractivity contribution in [3.8, 4) is 11.5 Å². The van der Waals surface area contributed by atoms with Crippen LogP contribution in [0.3, 0.4) is 0 Å². The van der Waals surface area contributed by atoms with Gasteiger partial charge in [0, 0.05) is 24.8 Å². The lowest BCUT2D eigenvalue weighted by Gasteiger charge is -2.27. The molecule has 1 aliphatic rings. The second-order valence-corrected chi connectivity index (χ2v) is 7.95. The monoisotopic (exact) mass is 487 g/mol. The van der Waals surface area contributed by atoms with E-state index in [0.29, 0.717) is 11.2 Å². The van der Waals surface area contributed by atoms with E-state index in [9.17, 15) is 18.0 Å². The number of ether oxygens (including phenoxy) is 1. The Balaban J connectivity index is 1.24. The summed E-state index contributed by atoms with van der Waals surface area (Å²) >= 11 is 0. The molecule has 1 fully saturated rings. The molecule has 1 saturated heterocycles. The number of amides is 1. The first-order chi connectivity index (χ1) is 16.9. The maximum atomic E-state index is 12.8. The van der Waals surface area contributed by atoms with Crippen LogP contribution in [-0.4, -0.2) is 43.9 Å². The molecule has 0 unspecified atom stereocenters. The molecule has 10 nitrogen and oxygen atoms in total. The van der Waals surface area contributed by atoms with Crippen molar-refractivity contribution in [1.82, 2.24) is 24.7 Å². The Bertz CT molecular complexity index is 1330. The minimum Gasteiger partial charge on any atom is -0.444 e. The van der Waals surface area contributed by atoms with Crippen molar-refractivity contribution in [3.05, 3.63) is 54.2 Å². The second kappa shape index (κ2) is 9.24. The van der Waals surface area contributed by atoms with E-state index >= 15 is 0 Å². The van der Waals surface area contributed by atoms with Gasteiger partial charge < -0.3 is 14.2 Å². The Labute approximate surface area is 196 Å². The number of pyridine rings is 2. The SMILES string of the molecule is O=C(Nc1ccc(-c2noc(C(F)(F)F)n2)n2nccc12)OCc1ccc(N2CCCCC2)nc1. The maximum Gasteiger partial charge on any atom is 0.471 e. The Hall–Kier alpha value is -4.16. The molecule has 4 aromatic rings. The fourth-order valence-corrected chi connectivity index (χ4v) is 3.84. The fraction of sp³-hybridized carbons (Fsp3) is 0.318. The van der Waals surface area contributed by atoms with Crippen molar-refractivity contribution < 1.29 is 27.2 Å². The highest BCUT2D eigenvalue weighted by molar-refractivity contribution is 5.91. The molecular formula is C22H20F3N7O3. The molecule has 0 aromatic carbocycles. The van der Waals surface area contributed by atoms with Gasteiger partial charge in [-0.25, -0.2) is 14.3 Å². The van der Waals surface area contributed by atoms with Crippen LogP contribution >= 0.6 is 0 Å². The number of nitrogens with one attached hydrogen (secondary N) is 1. The molecular weight excluding hydrogens is 467 g/mol. The first-order valence-electron chi connectivity index (χ1n) is 10.9. The van der Waals surface area contributed by atoms with Gasteiger partial charge in [0.05, 0.1) is 17.4 Å². The van der Waals surface area contributed by atoms with Crippen LogP contribution in [0.5, 0.6) is 0 Å². The van der Waals surface area contributed by atoms with Crippen molar-refractivity contribution in [2.75, 3.05) is 23.3 Å². The summed E-state index contributed by atoms with van der Waals surface area (Å²) in [6.07, 6.45) is 1.19. The number of carbonyl (C=O) groups is 1. The summed E-state index contributed by atoms with van der Waals surface area (Å²) in [5.74, 6) is -0.845. The maximum absolute atomic E-state index is 12.8. The minimum atomic E-state index is -4.76. The van der Waals surface area contributed by atoms with Crippen LogP contribution < -0.4 is 10.2 Å². The van der Waals surface area contributed by atoms with E-state index < -0.39 is 18.2 Å². The van der Waals surface area contributed by atoms with E-state index in [1.807, 2.05) is 12.1 Å². The lowest BCUT2D eigenvalue weighted by molar-refractivity contribution is -0.159. The van der Waals surface area contributed by atoms with Gasteiger partial charge in [-0.3, -0.25) is 5.32 Å². The molecule has 35 heavy (non-hydrogen) atoms. The molecule has 0 saturated carbocycles. The third kappa shape index (κ3) is 4.88. The number of fused-ring (bicyclic) bond motifs is 1. The van der Waals surface area contributed by atoms with Gasteiger partial charge in [0.2, 0.25) is 5.82 Å². The van der Waals surface area contributed by atoms with Crippen LogP contribution in [0.1, 0.15) is 30.7 Å². The summed E-state index contributed by atoms with van der Waals surface area (Å²) in [5, 5.41) is 10.1. The van der Waals surface area contributed by atoms with Crippen molar-refractivity contribution >= 4 is 23.1 Å². The van der Waals surface area contributed by atoms with Crippen molar-refractivity contribution in [2.24, 2.45) is 0 Å². The number of nitrogens with zero attached hydrogens (tertiary/aromatic N) is 6. The zero-order valence-corrected chi connectivity index (χ0v) is 18.3. The predicted octanol–water partition coefficient (Wildman–Crippen LogP) is 4.54. The van der Waals surface area contributed by atoms with E-state index in [4.69, 9.17) is 4.74 Å². The summed E-state index contributed by atoms with van der Waals surface area (Å²) in [6.45, 7) is 2.00. The van der Waals surface area contributed by atoms with Gasteiger partial charge in [-0.05, 0) is 43.5 Å². The number of carbonyl (C=O) groups excluding carboxylic acids is 1. The van der Waals surface area contributed by atoms with Crippen molar-refractivity contribution in [2.45, 2.75) is 32.0 Å². The highest BCUT2D eigenvalue weighted by Crippen LogP contribution is 2.30. The summed E-state index contributed by atoms with van der Waals surface area (Å²) in [4.78, 5) is 22.5. The zero-order chi connectivity index (χ0) is 24.4. The van der Waals surface area contributed by atoms with E-state index in [1.165, 1.54) is 29.3 Å². The number of hydrogen-bond donors (Lipinski definition) is 1. The van der Waals surface area contributed by atoms with Gasteiger partial charge in [0.25, 0.3) is 0 Å². The molecule has 0 atom stereocenters. The number of piperidine rings is 1. The number of rotatable bonds is 5. The number of alkyl halides is 3. The molecule has 5 heterocycles.